The first kappa shape index (κ1) is 19.6. The maximum atomic E-state index is 12.2. The number of ether oxygens (including phenoxy) is 2. The highest BCUT2D eigenvalue weighted by Crippen LogP contribution is 2.32. The van der Waals surface area contributed by atoms with E-state index in [-0.39, 0.29) is 17.7 Å². The van der Waals surface area contributed by atoms with Gasteiger partial charge in [-0.2, -0.15) is 0 Å². The fraction of sp³-hybridized carbons (Fsp3) is 0.278. The molecule has 1 unspecified atom stereocenters. The Morgan fingerprint density at radius 3 is 2.75 bits per heavy atom. The monoisotopic (exact) mass is 403 g/mol. The van der Waals surface area contributed by atoms with E-state index in [0.29, 0.717) is 28.2 Å². The summed E-state index contributed by atoms with van der Waals surface area (Å²) in [4.78, 5) is 12.2. The van der Waals surface area contributed by atoms with Crippen LogP contribution in [-0.4, -0.2) is 40.8 Å². The van der Waals surface area contributed by atoms with Crippen molar-refractivity contribution in [1.82, 2.24) is 20.2 Å². The van der Waals surface area contributed by atoms with Gasteiger partial charge in [-0.25, -0.2) is 4.68 Å². The smallest absolute Gasteiger partial charge is 0.231 e. The summed E-state index contributed by atoms with van der Waals surface area (Å²) in [5.41, 5.74) is 0.718. The molecule has 10 heteroatoms. The van der Waals surface area contributed by atoms with E-state index in [0.717, 1.165) is 5.56 Å². The molecule has 2 heterocycles. The average Bonchev–Trinajstić information content (AvgIpc) is 3.36. The van der Waals surface area contributed by atoms with E-state index in [1.54, 1.807) is 44.7 Å². The molecular weight excluding hydrogens is 382 g/mol. The minimum absolute atomic E-state index is 0.145. The van der Waals surface area contributed by atoms with Gasteiger partial charge >= 0.3 is 0 Å². The number of amides is 1. The number of hydrogen-bond donors (Lipinski definition) is 2. The molecule has 1 amide bonds. The second-order valence-electron chi connectivity index (χ2n) is 5.84. The zero-order chi connectivity index (χ0) is 20.1. The summed E-state index contributed by atoms with van der Waals surface area (Å²) >= 11 is 1.19. The van der Waals surface area contributed by atoms with Crippen molar-refractivity contribution >= 4 is 17.7 Å². The molecule has 148 valence electrons. The van der Waals surface area contributed by atoms with Crippen LogP contribution in [0.5, 0.6) is 11.5 Å². The maximum absolute atomic E-state index is 12.2. The quantitative estimate of drug-likeness (QED) is 0.434. The molecule has 1 aromatic carbocycles. The number of nitrogens with zero attached hydrogens (tertiary/aromatic N) is 3. The summed E-state index contributed by atoms with van der Waals surface area (Å²) in [6.45, 7) is 1.85. The number of nitrogen functional groups attached to an aromatic ring is 1. The Morgan fingerprint density at radius 1 is 1.29 bits per heavy atom. The van der Waals surface area contributed by atoms with Gasteiger partial charge in [-0.3, -0.25) is 4.79 Å². The zero-order valence-electron chi connectivity index (χ0n) is 15.7. The number of carbonyl (C=O) groups is 1. The van der Waals surface area contributed by atoms with Gasteiger partial charge < -0.3 is 25.1 Å². The fourth-order valence-corrected chi connectivity index (χ4v) is 3.24. The van der Waals surface area contributed by atoms with E-state index in [9.17, 15) is 4.79 Å². The number of benzene rings is 1. The Bertz CT molecular complexity index is 942. The van der Waals surface area contributed by atoms with Gasteiger partial charge in [0.15, 0.2) is 17.3 Å². The van der Waals surface area contributed by atoms with E-state index < -0.39 is 0 Å². The van der Waals surface area contributed by atoms with Crippen LogP contribution in [0.2, 0.25) is 0 Å². The number of aromatic nitrogens is 3. The van der Waals surface area contributed by atoms with Gasteiger partial charge in [0.05, 0.1) is 32.3 Å². The summed E-state index contributed by atoms with van der Waals surface area (Å²) in [6, 6.07) is 8.70. The Labute approximate surface area is 166 Å². The van der Waals surface area contributed by atoms with E-state index in [2.05, 4.69) is 15.5 Å². The number of methoxy groups -OCH3 is 2. The van der Waals surface area contributed by atoms with E-state index >= 15 is 0 Å². The standard InChI is InChI=1S/C18H21N5O4S/c1-11(13-5-4-8-27-13)20-16(24)10-28-18-22-21-17(23(18)19)12-6-7-14(25-2)15(9-12)26-3/h4-9,11H,10,19H2,1-3H3,(H,20,24). The molecule has 3 aromatic rings. The van der Waals surface area contributed by atoms with Crippen LogP contribution in [0.15, 0.2) is 46.2 Å². The van der Waals surface area contributed by atoms with Crippen molar-refractivity contribution in [1.29, 1.82) is 0 Å². The van der Waals surface area contributed by atoms with Crippen molar-refractivity contribution in [3.8, 4) is 22.9 Å². The van der Waals surface area contributed by atoms with Crippen LogP contribution < -0.4 is 20.6 Å². The highest BCUT2D eigenvalue weighted by molar-refractivity contribution is 7.99. The van der Waals surface area contributed by atoms with Crippen molar-refractivity contribution in [2.24, 2.45) is 0 Å². The van der Waals surface area contributed by atoms with Crippen LogP contribution in [0.4, 0.5) is 0 Å². The normalized spacial score (nSPS) is 11.8. The number of nitrogens with two attached hydrogens (primary N) is 1. The molecule has 0 radical (unpaired) electrons. The number of carbonyl (C=O) groups excluding carboxylic acids is 1. The highest BCUT2D eigenvalue weighted by Gasteiger charge is 2.17. The van der Waals surface area contributed by atoms with Crippen LogP contribution in [0.25, 0.3) is 11.4 Å². The SMILES string of the molecule is COc1ccc(-c2nnc(SCC(=O)NC(C)c3ccco3)n2N)cc1OC. The van der Waals surface area contributed by atoms with Crippen LogP contribution in [0.1, 0.15) is 18.7 Å². The Kier molecular flexibility index (Phi) is 6.09. The maximum Gasteiger partial charge on any atom is 0.231 e. The Balaban J connectivity index is 1.65. The molecule has 3 N–H and O–H groups in total. The van der Waals surface area contributed by atoms with E-state index in [1.807, 2.05) is 13.0 Å². The first-order chi connectivity index (χ1) is 13.5. The van der Waals surface area contributed by atoms with Crippen molar-refractivity contribution in [2.75, 3.05) is 25.8 Å². The van der Waals surface area contributed by atoms with Gasteiger partial charge in [-0.1, -0.05) is 11.8 Å². The summed E-state index contributed by atoms with van der Waals surface area (Å²) in [5, 5.41) is 11.5. The second kappa shape index (κ2) is 8.70. The fourth-order valence-electron chi connectivity index (χ4n) is 2.57. The zero-order valence-corrected chi connectivity index (χ0v) is 16.5. The molecule has 1 atom stereocenters. The molecule has 0 aliphatic heterocycles. The lowest BCUT2D eigenvalue weighted by Gasteiger charge is -2.11. The van der Waals surface area contributed by atoms with Crippen molar-refractivity contribution in [2.45, 2.75) is 18.1 Å². The van der Waals surface area contributed by atoms with Gasteiger partial charge in [0.25, 0.3) is 0 Å². The molecule has 0 saturated heterocycles. The third kappa shape index (κ3) is 4.22. The van der Waals surface area contributed by atoms with Crippen molar-refractivity contribution in [3.05, 3.63) is 42.4 Å². The first-order valence-electron chi connectivity index (χ1n) is 8.42. The molecule has 0 aliphatic rings. The minimum Gasteiger partial charge on any atom is -0.493 e. The van der Waals surface area contributed by atoms with E-state index in [1.165, 1.54) is 16.4 Å². The van der Waals surface area contributed by atoms with Gasteiger partial charge in [-0.15, -0.1) is 10.2 Å². The number of furan rings is 1. The predicted molar refractivity (Wildman–Crippen MR) is 105 cm³/mol. The molecular formula is C18H21N5O4S. The summed E-state index contributed by atoms with van der Waals surface area (Å²) in [5.74, 6) is 8.40. The van der Waals surface area contributed by atoms with Gasteiger partial charge in [0, 0.05) is 5.56 Å². The van der Waals surface area contributed by atoms with Gasteiger partial charge in [0.1, 0.15) is 5.76 Å². The molecule has 0 aliphatic carbocycles. The van der Waals surface area contributed by atoms with Crippen molar-refractivity contribution < 1.29 is 18.7 Å². The highest BCUT2D eigenvalue weighted by atomic mass is 32.2. The number of nitrogens with one attached hydrogen (secondary N) is 1. The lowest BCUT2D eigenvalue weighted by atomic mass is 10.2. The van der Waals surface area contributed by atoms with Crippen molar-refractivity contribution in [3.63, 3.8) is 0 Å². The van der Waals surface area contributed by atoms with Gasteiger partial charge in [0.2, 0.25) is 11.1 Å². The Morgan fingerprint density at radius 2 is 2.07 bits per heavy atom. The van der Waals surface area contributed by atoms with Crippen LogP contribution >= 0.6 is 11.8 Å². The largest absolute Gasteiger partial charge is 0.493 e. The number of rotatable bonds is 8. The number of hydrogen-bond acceptors (Lipinski definition) is 8. The van der Waals surface area contributed by atoms with E-state index in [4.69, 9.17) is 19.7 Å². The van der Waals surface area contributed by atoms with Gasteiger partial charge in [-0.05, 0) is 37.3 Å². The van der Waals surface area contributed by atoms with Crippen LogP contribution in [0.3, 0.4) is 0 Å². The molecule has 2 aromatic heterocycles. The molecule has 0 saturated carbocycles. The second-order valence-corrected chi connectivity index (χ2v) is 6.78. The van der Waals surface area contributed by atoms with Crippen LogP contribution in [0, 0.1) is 0 Å². The third-order valence-electron chi connectivity index (χ3n) is 3.99. The third-order valence-corrected chi connectivity index (χ3v) is 4.93. The molecule has 3 rings (SSSR count). The number of thioether (sulfide) groups is 1. The molecule has 28 heavy (non-hydrogen) atoms. The first-order valence-corrected chi connectivity index (χ1v) is 9.40. The minimum atomic E-state index is -0.221. The summed E-state index contributed by atoms with van der Waals surface area (Å²) in [7, 11) is 3.12. The summed E-state index contributed by atoms with van der Waals surface area (Å²) in [6.07, 6.45) is 1.57. The van der Waals surface area contributed by atoms with Crippen LogP contribution in [-0.2, 0) is 4.79 Å². The lowest BCUT2D eigenvalue weighted by molar-refractivity contribution is -0.119. The average molecular weight is 403 g/mol. The molecule has 0 fully saturated rings. The predicted octanol–water partition coefficient (Wildman–Crippen LogP) is 2.24. The molecule has 0 bridgehead atoms. The Hall–Kier alpha value is -3.14. The topological polar surface area (TPSA) is 117 Å². The molecule has 9 nitrogen and oxygen atoms in total. The molecule has 0 spiro atoms. The lowest BCUT2D eigenvalue weighted by Crippen LogP contribution is -2.28. The summed E-state index contributed by atoms with van der Waals surface area (Å²) < 4.78 is 17.2.